The summed E-state index contributed by atoms with van der Waals surface area (Å²) in [6, 6.07) is 0.0702. The van der Waals surface area contributed by atoms with Crippen LogP contribution in [0.15, 0.2) is 0 Å². The third kappa shape index (κ3) is 3.35. The largest absolute Gasteiger partial charge is 0.352 e. The van der Waals surface area contributed by atoms with Crippen LogP contribution in [0.2, 0.25) is 0 Å². The topological polar surface area (TPSA) is 55.1 Å². The maximum absolute atomic E-state index is 11.4. The first-order valence-corrected chi connectivity index (χ1v) is 5.30. The average molecular weight is 184 g/mol. The van der Waals surface area contributed by atoms with Crippen LogP contribution in [0, 0.1) is 0 Å². The Morgan fingerprint density at radius 2 is 2.08 bits per heavy atom. The summed E-state index contributed by atoms with van der Waals surface area (Å²) >= 11 is 0. The van der Waals surface area contributed by atoms with E-state index in [4.69, 9.17) is 5.73 Å². The molecule has 1 aliphatic rings. The van der Waals surface area contributed by atoms with Crippen molar-refractivity contribution >= 4 is 5.91 Å². The van der Waals surface area contributed by atoms with Crippen LogP contribution in [-0.4, -0.2) is 18.0 Å². The van der Waals surface area contributed by atoms with Gasteiger partial charge in [-0.15, -0.1) is 0 Å². The lowest BCUT2D eigenvalue weighted by Gasteiger charge is -2.24. The summed E-state index contributed by atoms with van der Waals surface area (Å²) in [5.74, 6) is 0.0226. The molecule has 3 nitrogen and oxygen atoms in total. The summed E-state index contributed by atoms with van der Waals surface area (Å²) in [6.45, 7) is 1.94. The normalized spacial score (nSPS) is 21.1. The zero-order chi connectivity index (χ0) is 9.68. The molecule has 0 radical (unpaired) electrons. The molecule has 3 heteroatoms. The molecule has 3 N–H and O–H groups in total. The molecule has 1 atom stereocenters. The Hall–Kier alpha value is -0.570. The second kappa shape index (κ2) is 5.22. The van der Waals surface area contributed by atoms with Crippen LogP contribution >= 0.6 is 0 Å². The Morgan fingerprint density at radius 1 is 1.46 bits per heavy atom. The molecule has 13 heavy (non-hydrogen) atoms. The van der Waals surface area contributed by atoms with Crippen molar-refractivity contribution in [2.24, 2.45) is 5.73 Å². The standard InChI is InChI=1S/C10H20N2O/c1-2-9(11)10(13)12-8-6-4-3-5-7-8/h8-9H,2-7,11H2,1H3,(H,12,13)/t9-/m1/s1. The lowest BCUT2D eigenvalue weighted by atomic mass is 9.95. The van der Waals surface area contributed by atoms with E-state index in [0.29, 0.717) is 6.04 Å². The van der Waals surface area contributed by atoms with Crippen molar-refractivity contribution in [3.63, 3.8) is 0 Å². The van der Waals surface area contributed by atoms with E-state index in [9.17, 15) is 4.79 Å². The van der Waals surface area contributed by atoms with Crippen LogP contribution in [0.5, 0.6) is 0 Å². The molecule has 0 saturated heterocycles. The fraction of sp³-hybridized carbons (Fsp3) is 0.900. The van der Waals surface area contributed by atoms with Crippen molar-refractivity contribution in [1.82, 2.24) is 5.32 Å². The number of amides is 1. The second-order valence-corrected chi connectivity index (χ2v) is 3.86. The summed E-state index contributed by atoms with van der Waals surface area (Å²) in [5.41, 5.74) is 5.62. The Bertz CT molecular complexity index is 164. The molecular weight excluding hydrogens is 164 g/mol. The zero-order valence-electron chi connectivity index (χ0n) is 8.38. The van der Waals surface area contributed by atoms with Crippen molar-refractivity contribution < 1.29 is 4.79 Å². The first-order chi connectivity index (χ1) is 6.24. The van der Waals surface area contributed by atoms with Gasteiger partial charge in [-0.05, 0) is 19.3 Å². The fourth-order valence-electron chi connectivity index (χ4n) is 1.74. The number of carbonyl (C=O) groups excluding carboxylic acids is 1. The highest BCUT2D eigenvalue weighted by Gasteiger charge is 2.18. The summed E-state index contributed by atoms with van der Waals surface area (Å²) in [4.78, 5) is 11.4. The van der Waals surface area contributed by atoms with E-state index in [1.54, 1.807) is 0 Å². The minimum Gasteiger partial charge on any atom is -0.352 e. The van der Waals surface area contributed by atoms with Gasteiger partial charge in [0.2, 0.25) is 5.91 Å². The highest BCUT2D eigenvalue weighted by molar-refractivity contribution is 5.81. The van der Waals surface area contributed by atoms with Gasteiger partial charge in [-0.2, -0.15) is 0 Å². The molecule has 0 aromatic heterocycles. The predicted molar refractivity (Wildman–Crippen MR) is 53.3 cm³/mol. The number of nitrogens with one attached hydrogen (secondary N) is 1. The van der Waals surface area contributed by atoms with Gasteiger partial charge in [-0.3, -0.25) is 4.79 Å². The first kappa shape index (κ1) is 10.5. The fourth-order valence-corrected chi connectivity index (χ4v) is 1.74. The lowest BCUT2D eigenvalue weighted by Crippen LogP contribution is -2.45. The molecule has 1 saturated carbocycles. The molecule has 0 aromatic carbocycles. The molecule has 76 valence electrons. The first-order valence-electron chi connectivity index (χ1n) is 5.30. The quantitative estimate of drug-likeness (QED) is 0.692. The van der Waals surface area contributed by atoms with Gasteiger partial charge in [-0.1, -0.05) is 26.2 Å². The van der Waals surface area contributed by atoms with Crippen molar-refractivity contribution in [2.75, 3.05) is 0 Å². The van der Waals surface area contributed by atoms with Crippen molar-refractivity contribution in [2.45, 2.75) is 57.5 Å². The van der Waals surface area contributed by atoms with Gasteiger partial charge >= 0.3 is 0 Å². The molecule has 0 heterocycles. The Kier molecular flexibility index (Phi) is 4.22. The van der Waals surface area contributed by atoms with Crippen molar-refractivity contribution in [1.29, 1.82) is 0 Å². The molecule has 1 amide bonds. The molecular formula is C10H20N2O. The molecule has 0 bridgehead atoms. The van der Waals surface area contributed by atoms with Crippen LogP contribution in [0.3, 0.4) is 0 Å². The Balaban J connectivity index is 2.26. The lowest BCUT2D eigenvalue weighted by molar-refractivity contribution is -0.123. The van der Waals surface area contributed by atoms with Gasteiger partial charge in [0, 0.05) is 6.04 Å². The maximum atomic E-state index is 11.4. The van der Waals surface area contributed by atoms with E-state index in [1.165, 1.54) is 19.3 Å². The summed E-state index contributed by atoms with van der Waals surface area (Å²) in [5, 5.41) is 3.01. The number of nitrogens with two attached hydrogens (primary N) is 1. The van der Waals surface area contributed by atoms with Gasteiger partial charge in [0.1, 0.15) is 0 Å². The summed E-state index contributed by atoms with van der Waals surface area (Å²) in [7, 11) is 0. The molecule has 1 fully saturated rings. The van der Waals surface area contributed by atoms with Crippen LogP contribution in [0.1, 0.15) is 45.4 Å². The van der Waals surface area contributed by atoms with E-state index in [-0.39, 0.29) is 11.9 Å². The minimum atomic E-state index is -0.318. The van der Waals surface area contributed by atoms with E-state index in [1.807, 2.05) is 6.92 Å². The number of carbonyl (C=O) groups is 1. The van der Waals surface area contributed by atoms with Crippen molar-refractivity contribution in [3.05, 3.63) is 0 Å². The highest BCUT2D eigenvalue weighted by atomic mass is 16.2. The van der Waals surface area contributed by atoms with Crippen LogP contribution in [0.4, 0.5) is 0 Å². The van der Waals surface area contributed by atoms with Crippen molar-refractivity contribution in [3.8, 4) is 0 Å². The summed E-state index contributed by atoms with van der Waals surface area (Å²) < 4.78 is 0. The molecule has 0 aliphatic heterocycles. The van der Waals surface area contributed by atoms with Crippen LogP contribution in [0.25, 0.3) is 0 Å². The molecule has 0 unspecified atom stereocenters. The van der Waals surface area contributed by atoms with E-state index >= 15 is 0 Å². The third-order valence-electron chi connectivity index (χ3n) is 2.73. The maximum Gasteiger partial charge on any atom is 0.237 e. The highest BCUT2D eigenvalue weighted by Crippen LogP contribution is 2.17. The number of rotatable bonds is 3. The van der Waals surface area contributed by atoms with E-state index < -0.39 is 0 Å². The second-order valence-electron chi connectivity index (χ2n) is 3.86. The Labute approximate surface area is 80.1 Å². The molecule has 0 spiro atoms. The van der Waals surface area contributed by atoms with Gasteiger partial charge < -0.3 is 11.1 Å². The number of hydrogen-bond acceptors (Lipinski definition) is 2. The van der Waals surface area contributed by atoms with E-state index in [2.05, 4.69) is 5.32 Å². The van der Waals surface area contributed by atoms with Crippen LogP contribution < -0.4 is 11.1 Å². The van der Waals surface area contributed by atoms with Gasteiger partial charge in [-0.25, -0.2) is 0 Å². The zero-order valence-corrected chi connectivity index (χ0v) is 8.38. The summed E-state index contributed by atoms with van der Waals surface area (Å²) in [6.07, 6.45) is 6.77. The predicted octanol–water partition coefficient (Wildman–Crippen LogP) is 1.17. The third-order valence-corrected chi connectivity index (χ3v) is 2.73. The number of hydrogen-bond donors (Lipinski definition) is 2. The smallest absolute Gasteiger partial charge is 0.237 e. The van der Waals surface area contributed by atoms with E-state index in [0.717, 1.165) is 19.3 Å². The molecule has 0 aromatic rings. The SMILES string of the molecule is CC[C@@H](N)C(=O)NC1CCCCC1. The van der Waals surface area contributed by atoms with Gasteiger partial charge in [0.05, 0.1) is 6.04 Å². The Morgan fingerprint density at radius 3 is 2.62 bits per heavy atom. The monoisotopic (exact) mass is 184 g/mol. The average Bonchev–Trinajstić information content (AvgIpc) is 2.18. The minimum absolute atomic E-state index is 0.0226. The van der Waals surface area contributed by atoms with Gasteiger partial charge in [0.25, 0.3) is 0 Å². The van der Waals surface area contributed by atoms with Gasteiger partial charge in [0.15, 0.2) is 0 Å². The molecule has 1 aliphatic carbocycles. The van der Waals surface area contributed by atoms with Crippen LogP contribution in [-0.2, 0) is 4.79 Å². The molecule has 1 rings (SSSR count).